The van der Waals surface area contributed by atoms with Gasteiger partial charge in [-0.15, -0.1) is 0 Å². The summed E-state index contributed by atoms with van der Waals surface area (Å²) in [5.41, 5.74) is 0.923. The van der Waals surface area contributed by atoms with Gasteiger partial charge in [-0.05, 0) is 41.8 Å². The van der Waals surface area contributed by atoms with Gasteiger partial charge in [-0.2, -0.15) is 13.2 Å². The maximum Gasteiger partial charge on any atom is 0.416 e. The van der Waals surface area contributed by atoms with Crippen LogP contribution in [0.2, 0.25) is 0 Å². The Labute approximate surface area is 196 Å². The van der Waals surface area contributed by atoms with E-state index in [0.29, 0.717) is 50.3 Å². The van der Waals surface area contributed by atoms with Gasteiger partial charge in [0.2, 0.25) is 5.91 Å². The summed E-state index contributed by atoms with van der Waals surface area (Å²) in [7, 11) is 0. The fourth-order valence-corrected chi connectivity index (χ4v) is 4.35. The van der Waals surface area contributed by atoms with Crippen LogP contribution in [0.25, 0.3) is 0 Å². The van der Waals surface area contributed by atoms with Crippen molar-refractivity contribution >= 4 is 11.8 Å². The lowest BCUT2D eigenvalue weighted by Gasteiger charge is -2.27. The van der Waals surface area contributed by atoms with E-state index < -0.39 is 23.7 Å². The molecule has 2 aliphatic heterocycles. The monoisotopic (exact) mass is 475 g/mol. The van der Waals surface area contributed by atoms with Gasteiger partial charge in [-0.25, -0.2) is 0 Å². The van der Waals surface area contributed by atoms with Gasteiger partial charge in [0.05, 0.1) is 24.8 Å². The van der Waals surface area contributed by atoms with Gasteiger partial charge in [-0.1, -0.05) is 24.3 Å². The van der Waals surface area contributed by atoms with Crippen molar-refractivity contribution in [3.8, 4) is 0 Å². The number of halogens is 3. The summed E-state index contributed by atoms with van der Waals surface area (Å²) < 4.78 is 45.3. The lowest BCUT2D eigenvalue weighted by molar-refractivity contribution is -0.137. The van der Waals surface area contributed by atoms with Crippen molar-refractivity contribution < 1.29 is 27.5 Å². The Bertz CT molecular complexity index is 1020. The minimum absolute atomic E-state index is 0.0567. The smallest absolute Gasteiger partial charge is 0.379 e. The topological polar surface area (TPSA) is 61.9 Å². The molecule has 0 saturated carbocycles. The summed E-state index contributed by atoms with van der Waals surface area (Å²) in [4.78, 5) is 29.2. The van der Waals surface area contributed by atoms with Gasteiger partial charge in [0.25, 0.3) is 5.91 Å². The van der Waals surface area contributed by atoms with Gasteiger partial charge in [0, 0.05) is 44.7 Å². The first kappa shape index (κ1) is 24.2. The van der Waals surface area contributed by atoms with E-state index in [9.17, 15) is 22.8 Å². The predicted molar refractivity (Wildman–Crippen MR) is 120 cm³/mol. The number of benzene rings is 2. The third kappa shape index (κ3) is 6.15. The summed E-state index contributed by atoms with van der Waals surface area (Å²) in [5.74, 6) is -0.448. The fourth-order valence-electron chi connectivity index (χ4n) is 4.35. The number of carbonyl (C=O) groups is 2. The number of alkyl halides is 3. The van der Waals surface area contributed by atoms with Crippen LogP contribution in [0.3, 0.4) is 0 Å². The molecule has 2 amide bonds. The van der Waals surface area contributed by atoms with E-state index in [-0.39, 0.29) is 12.5 Å². The summed E-state index contributed by atoms with van der Waals surface area (Å²) in [6, 6.07) is 11.4. The highest BCUT2D eigenvalue weighted by molar-refractivity contribution is 5.94. The Balaban J connectivity index is 1.53. The lowest BCUT2D eigenvalue weighted by atomic mass is 10.0. The SMILES string of the molecule is O=C(NC(CN1CCCC1=O)c1cccc(C(F)(F)F)c1)c1cccc(CN2CCOCC2)c1. The molecule has 2 saturated heterocycles. The van der Waals surface area contributed by atoms with E-state index in [1.54, 1.807) is 29.2 Å². The van der Waals surface area contributed by atoms with Crippen LogP contribution in [0.1, 0.15) is 45.9 Å². The highest BCUT2D eigenvalue weighted by atomic mass is 19.4. The second-order valence-corrected chi connectivity index (χ2v) is 8.68. The van der Waals surface area contributed by atoms with Crippen LogP contribution < -0.4 is 5.32 Å². The molecule has 1 unspecified atom stereocenters. The fraction of sp³-hybridized carbons (Fsp3) is 0.440. The number of nitrogens with one attached hydrogen (secondary N) is 1. The number of hydrogen-bond acceptors (Lipinski definition) is 4. The molecule has 9 heteroatoms. The summed E-state index contributed by atoms with van der Waals surface area (Å²) in [6.45, 7) is 4.32. The molecule has 0 aliphatic carbocycles. The molecule has 2 aromatic rings. The summed E-state index contributed by atoms with van der Waals surface area (Å²) in [5, 5.41) is 2.87. The highest BCUT2D eigenvalue weighted by Crippen LogP contribution is 2.31. The second kappa shape index (κ2) is 10.6. The van der Waals surface area contributed by atoms with E-state index in [1.165, 1.54) is 6.07 Å². The molecule has 2 aliphatic rings. The van der Waals surface area contributed by atoms with E-state index >= 15 is 0 Å². The molecule has 4 rings (SSSR count). The molecule has 34 heavy (non-hydrogen) atoms. The Morgan fingerprint density at radius 2 is 1.82 bits per heavy atom. The largest absolute Gasteiger partial charge is 0.416 e. The third-order valence-corrected chi connectivity index (χ3v) is 6.20. The maximum absolute atomic E-state index is 13.3. The van der Waals surface area contributed by atoms with Crippen LogP contribution in [0.15, 0.2) is 48.5 Å². The van der Waals surface area contributed by atoms with Crippen molar-refractivity contribution in [1.29, 1.82) is 0 Å². The number of likely N-dealkylation sites (tertiary alicyclic amines) is 1. The van der Waals surface area contributed by atoms with E-state index in [1.807, 2.05) is 6.07 Å². The molecule has 0 bridgehead atoms. The molecule has 182 valence electrons. The lowest BCUT2D eigenvalue weighted by Crippen LogP contribution is -2.39. The van der Waals surface area contributed by atoms with Crippen molar-refractivity contribution in [2.45, 2.75) is 31.6 Å². The molecular weight excluding hydrogens is 447 g/mol. The first-order valence-corrected chi connectivity index (χ1v) is 11.4. The number of ether oxygens (including phenoxy) is 1. The number of carbonyl (C=O) groups excluding carboxylic acids is 2. The zero-order valence-electron chi connectivity index (χ0n) is 18.8. The van der Waals surface area contributed by atoms with Crippen LogP contribution in [0.4, 0.5) is 13.2 Å². The van der Waals surface area contributed by atoms with Gasteiger partial charge in [0.15, 0.2) is 0 Å². The first-order valence-electron chi connectivity index (χ1n) is 11.4. The van der Waals surface area contributed by atoms with Gasteiger partial charge < -0.3 is 15.0 Å². The van der Waals surface area contributed by atoms with Crippen molar-refractivity contribution in [2.24, 2.45) is 0 Å². The molecule has 2 heterocycles. The highest BCUT2D eigenvalue weighted by Gasteiger charge is 2.32. The third-order valence-electron chi connectivity index (χ3n) is 6.20. The van der Waals surface area contributed by atoms with E-state index in [4.69, 9.17) is 4.74 Å². The molecule has 0 aromatic heterocycles. The van der Waals surface area contributed by atoms with Crippen LogP contribution in [-0.4, -0.2) is 61.0 Å². The molecule has 0 radical (unpaired) electrons. The van der Waals surface area contributed by atoms with Crippen LogP contribution in [0.5, 0.6) is 0 Å². The molecular formula is C25H28F3N3O3. The van der Waals surface area contributed by atoms with Crippen LogP contribution >= 0.6 is 0 Å². The Hall–Kier alpha value is -2.91. The zero-order valence-corrected chi connectivity index (χ0v) is 18.8. The molecule has 2 fully saturated rings. The predicted octanol–water partition coefficient (Wildman–Crippen LogP) is 3.63. The number of hydrogen-bond donors (Lipinski definition) is 1. The van der Waals surface area contributed by atoms with Crippen molar-refractivity contribution in [2.75, 3.05) is 39.4 Å². The quantitative estimate of drug-likeness (QED) is 0.665. The number of rotatable bonds is 7. The molecule has 0 spiro atoms. The number of amides is 2. The van der Waals surface area contributed by atoms with Gasteiger partial charge in [0.1, 0.15) is 0 Å². The molecule has 1 atom stereocenters. The number of nitrogens with zero attached hydrogens (tertiary/aromatic N) is 2. The van der Waals surface area contributed by atoms with Gasteiger partial charge >= 0.3 is 6.18 Å². The van der Waals surface area contributed by atoms with Crippen LogP contribution in [0, 0.1) is 0 Å². The van der Waals surface area contributed by atoms with Crippen molar-refractivity contribution in [1.82, 2.24) is 15.1 Å². The Morgan fingerprint density at radius 1 is 1.06 bits per heavy atom. The van der Waals surface area contributed by atoms with Crippen molar-refractivity contribution in [3.05, 3.63) is 70.8 Å². The summed E-state index contributed by atoms with van der Waals surface area (Å²) in [6.07, 6.45) is -3.39. The first-order chi connectivity index (χ1) is 16.3. The second-order valence-electron chi connectivity index (χ2n) is 8.68. The Morgan fingerprint density at radius 3 is 2.53 bits per heavy atom. The van der Waals surface area contributed by atoms with Crippen LogP contribution in [-0.2, 0) is 22.3 Å². The van der Waals surface area contributed by atoms with Gasteiger partial charge in [-0.3, -0.25) is 14.5 Å². The van der Waals surface area contributed by atoms with E-state index in [2.05, 4.69) is 10.2 Å². The maximum atomic E-state index is 13.3. The molecule has 1 N–H and O–H groups in total. The molecule has 6 nitrogen and oxygen atoms in total. The average molecular weight is 476 g/mol. The normalized spacial score (nSPS) is 18.2. The zero-order chi connectivity index (χ0) is 24.1. The minimum atomic E-state index is -4.50. The summed E-state index contributed by atoms with van der Waals surface area (Å²) >= 11 is 0. The standard InChI is InChI=1S/C25H28F3N3O3/c26-25(27,28)21-7-2-5-19(15-21)22(17-31-9-3-8-23(31)32)29-24(33)20-6-1-4-18(14-20)16-30-10-12-34-13-11-30/h1-2,4-7,14-15,22H,3,8-13,16-17H2,(H,29,33). The minimum Gasteiger partial charge on any atom is -0.379 e. The van der Waals surface area contributed by atoms with E-state index in [0.717, 1.165) is 30.8 Å². The Kier molecular flexibility index (Phi) is 7.53. The average Bonchev–Trinajstić information content (AvgIpc) is 3.23. The van der Waals surface area contributed by atoms with Crippen molar-refractivity contribution in [3.63, 3.8) is 0 Å². The number of morpholine rings is 1. The molecule has 2 aromatic carbocycles.